The Kier molecular flexibility index (Phi) is 5.98. The molecule has 3 rings (SSSR count). The minimum atomic E-state index is -4.53. The molecule has 0 aliphatic carbocycles. The Labute approximate surface area is 171 Å². The van der Waals surface area contributed by atoms with E-state index in [1.807, 2.05) is 12.1 Å². The number of nitrogens with one attached hydrogen (secondary N) is 1. The first kappa shape index (κ1) is 20.9. The molecule has 8 heteroatoms. The van der Waals surface area contributed by atoms with Crippen molar-refractivity contribution in [3.63, 3.8) is 0 Å². The molecule has 2 amide bonds. The number of hydrogen-bond donors (Lipinski definition) is 1. The number of unbranched alkanes of at least 4 members (excludes halogenated alkanes) is 1. The first-order chi connectivity index (χ1) is 13.7. The zero-order chi connectivity index (χ0) is 21.2. The number of imide groups is 1. The number of hydrogen-bond acceptors (Lipinski definition) is 3. The Bertz CT molecular complexity index is 969. The van der Waals surface area contributed by atoms with Gasteiger partial charge in [-0.05, 0) is 48.7 Å². The Balaban J connectivity index is 1.82. The van der Waals surface area contributed by atoms with Crippen LogP contribution in [0, 0.1) is 0 Å². The molecule has 0 unspecified atom stereocenters. The lowest BCUT2D eigenvalue weighted by Crippen LogP contribution is -2.32. The molecule has 0 bridgehead atoms. The van der Waals surface area contributed by atoms with Gasteiger partial charge in [0.25, 0.3) is 11.8 Å². The number of carbonyl (C=O) groups excluding carboxylic acids is 2. The Morgan fingerprint density at radius 3 is 2.34 bits per heavy atom. The molecular weight excluding hydrogens is 405 g/mol. The first-order valence-electron chi connectivity index (χ1n) is 9.04. The summed E-state index contributed by atoms with van der Waals surface area (Å²) in [5, 5.41) is 2.19. The first-order valence-corrected chi connectivity index (χ1v) is 9.42. The monoisotopic (exact) mass is 422 g/mol. The second-order valence-corrected chi connectivity index (χ2v) is 6.99. The van der Waals surface area contributed by atoms with Crippen molar-refractivity contribution in [2.45, 2.75) is 32.4 Å². The molecule has 2 aromatic carbocycles. The predicted octanol–water partition coefficient (Wildman–Crippen LogP) is 5.48. The standard InChI is InChI=1S/C21H18ClF3N2O2/c1-2-3-5-13-8-10-16(11-9-13)27-19(28)17(22)18(20(27)29)26-15-7-4-6-14(12-15)21(23,24)25/h4,6-12,26H,2-3,5H2,1H3. The minimum Gasteiger partial charge on any atom is -0.350 e. The van der Waals surface area contributed by atoms with Gasteiger partial charge in [-0.3, -0.25) is 9.59 Å². The number of anilines is 2. The van der Waals surface area contributed by atoms with Crippen LogP contribution in [0.4, 0.5) is 24.5 Å². The van der Waals surface area contributed by atoms with Gasteiger partial charge < -0.3 is 5.32 Å². The van der Waals surface area contributed by atoms with E-state index in [4.69, 9.17) is 11.6 Å². The highest BCUT2D eigenvalue weighted by atomic mass is 35.5. The Morgan fingerprint density at radius 1 is 1.03 bits per heavy atom. The van der Waals surface area contributed by atoms with Crippen LogP contribution in [-0.2, 0) is 22.2 Å². The lowest BCUT2D eigenvalue weighted by Gasteiger charge is -2.16. The van der Waals surface area contributed by atoms with Crippen LogP contribution in [0.2, 0.25) is 0 Å². The van der Waals surface area contributed by atoms with Crippen molar-refractivity contribution in [3.8, 4) is 0 Å². The molecule has 152 valence electrons. The second kappa shape index (κ2) is 8.29. The molecule has 0 spiro atoms. The van der Waals surface area contributed by atoms with E-state index in [2.05, 4.69) is 12.2 Å². The van der Waals surface area contributed by atoms with E-state index < -0.39 is 23.6 Å². The SMILES string of the molecule is CCCCc1ccc(N2C(=O)C(Cl)=C(Nc3cccc(C(F)(F)F)c3)C2=O)cc1. The predicted molar refractivity (Wildman–Crippen MR) is 105 cm³/mol. The summed E-state index contributed by atoms with van der Waals surface area (Å²) in [5.41, 5.74) is 0.294. The Morgan fingerprint density at radius 2 is 1.72 bits per heavy atom. The maximum Gasteiger partial charge on any atom is 0.416 e. The maximum absolute atomic E-state index is 12.9. The summed E-state index contributed by atoms with van der Waals surface area (Å²) in [5.74, 6) is -1.45. The minimum absolute atomic E-state index is 0.00545. The summed E-state index contributed by atoms with van der Waals surface area (Å²) in [6, 6.07) is 11.3. The van der Waals surface area contributed by atoms with Crippen LogP contribution in [0.5, 0.6) is 0 Å². The average molecular weight is 423 g/mol. The van der Waals surface area contributed by atoms with Crippen LogP contribution in [0.25, 0.3) is 0 Å². The van der Waals surface area contributed by atoms with Gasteiger partial charge >= 0.3 is 6.18 Å². The fourth-order valence-corrected chi connectivity index (χ4v) is 3.17. The molecule has 1 aliphatic heterocycles. The van der Waals surface area contributed by atoms with Crippen LogP contribution < -0.4 is 10.2 Å². The second-order valence-electron chi connectivity index (χ2n) is 6.61. The summed E-state index contributed by atoms with van der Waals surface area (Å²) in [7, 11) is 0. The lowest BCUT2D eigenvalue weighted by molar-refractivity contribution is -0.137. The summed E-state index contributed by atoms with van der Waals surface area (Å²) < 4.78 is 38.7. The molecule has 1 aliphatic rings. The highest BCUT2D eigenvalue weighted by Gasteiger charge is 2.39. The molecule has 0 aromatic heterocycles. The average Bonchev–Trinajstić information content (AvgIpc) is 2.90. The van der Waals surface area contributed by atoms with Gasteiger partial charge in [0.15, 0.2) is 0 Å². The van der Waals surface area contributed by atoms with Crippen LogP contribution >= 0.6 is 11.6 Å². The lowest BCUT2D eigenvalue weighted by atomic mass is 10.1. The topological polar surface area (TPSA) is 49.4 Å². The third-order valence-electron chi connectivity index (χ3n) is 4.50. The van der Waals surface area contributed by atoms with Crippen LogP contribution in [0.1, 0.15) is 30.9 Å². The molecule has 0 saturated heterocycles. The van der Waals surface area contributed by atoms with Crippen molar-refractivity contribution < 1.29 is 22.8 Å². The number of rotatable bonds is 6. The number of halogens is 4. The summed E-state index contributed by atoms with van der Waals surface area (Å²) in [4.78, 5) is 26.1. The van der Waals surface area contributed by atoms with E-state index in [1.54, 1.807) is 12.1 Å². The maximum atomic E-state index is 12.9. The number of benzene rings is 2. The molecule has 4 nitrogen and oxygen atoms in total. The third kappa shape index (κ3) is 4.45. The smallest absolute Gasteiger partial charge is 0.350 e. The van der Waals surface area contributed by atoms with Crippen LogP contribution in [-0.4, -0.2) is 11.8 Å². The molecule has 1 N–H and O–H groups in total. The molecule has 2 aromatic rings. The van der Waals surface area contributed by atoms with E-state index in [-0.39, 0.29) is 16.4 Å². The molecule has 29 heavy (non-hydrogen) atoms. The van der Waals surface area contributed by atoms with Gasteiger partial charge in [0.2, 0.25) is 0 Å². The zero-order valence-electron chi connectivity index (χ0n) is 15.5. The van der Waals surface area contributed by atoms with Crippen molar-refractivity contribution in [3.05, 3.63) is 70.4 Å². The van der Waals surface area contributed by atoms with Gasteiger partial charge in [-0.25, -0.2) is 4.90 Å². The van der Waals surface area contributed by atoms with Gasteiger partial charge in [-0.15, -0.1) is 0 Å². The summed E-state index contributed by atoms with van der Waals surface area (Å²) in [6.07, 6.45) is -1.56. The van der Waals surface area contributed by atoms with Crippen LogP contribution in [0.15, 0.2) is 59.3 Å². The number of alkyl halides is 3. The van der Waals surface area contributed by atoms with E-state index in [0.29, 0.717) is 5.69 Å². The van der Waals surface area contributed by atoms with E-state index in [1.165, 1.54) is 12.1 Å². The molecule has 0 fully saturated rings. The van der Waals surface area contributed by atoms with E-state index >= 15 is 0 Å². The summed E-state index contributed by atoms with van der Waals surface area (Å²) in [6.45, 7) is 2.09. The Hall–Kier alpha value is -2.80. The van der Waals surface area contributed by atoms with Crippen molar-refractivity contribution in [2.75, 3.05) is 10.2 Å². The number of carbonyl (C=O) groups is 2. The quantitative estimate of drug-likeness (QED) is 0.627. The van der Waals surface area contributed by atoms with Gasteiger partial charge in [0.05, 0.1) is 11.3 Å². The van der Waals surface area contributed by atoms with Crippen LogP contribution in [0.3, 0.4) is 0 Å². The zero-order valence-corrected chi connectivity index (χ0v) is 16.3. The van der Waals surface area contributed by atoms with Crippen molar-refractivity contribution >= 4 is 34.8 Å². The van der Waals surface area contributed by atoms with E-state index in [9.17, 15) is 22.8 Å². The molecular formula is C21H18ClF3N2O2. The molecule has 0 atom stereocenters. The number of amides is 2. The van der Waals surface area contributed by atoms with Gasteiger partial charge in [0, 0.05) is 5.69 Å². The number of nitrogens with zero attached hydrogens (tertiary/aromatic N) is 1. The molecule has 0 saturated carbocycles. The highest BCUT2D eigenvalue weighted by Crippen LogP contribution is 2.33. The van der Waals surface area contributed by atoms with Gasteiger partial charge in [0.1, 0.15) is 10.7 Å². The van der Waals surface area contributed by atoms with Crippen molar-refractivity contribution in [2.24, 2.45) is 0 Å². The van der Waals surface area contributed by atoms with Gasteiger partial charge in [-0.2, -0.15) is 13.2 Å². The fourth-order valence-electron chi connectivity index (χ4n) is 2.96. The van der Waals surface area contributed by atoms with E-state index in [0.717, 1.165) is 41.9 Å². The highest BCUT2D eigenvalue weighted by molar-refractivity contribution is 6.53. The number of aryl methyl sites for hydroxylation is 1. The van der Waals surface area contributed by atoms with Crippen molar-refractivity contribution in [1.29, 1.82) is 0 Å². The molecule has 0 radical (unpaired) electrons. The van der Waals surface area contributed by atoms with Crippen molar-refractivity contribution in [1.82, 2.24) is 0 Å². The fraction of sp³-hybridized carbons (Fsp3) is 0.238. The van der Waals surface area contributed by atoms with Gasteiger partial charge in [-0.1, -0.05) is 43.1 Å². The third-order valence-corrected chi connectivity index (χ3v) is 4.85. The molecule has 1 heterocycles. The normalized spacial score (nSPS) is 14.7. The summed E-state index contributed by atoms with van der Waals surface area (Å²) >= 11 is 6.03. The largest absolute Gasteiger partial charge is 0.416 e.